The van der Waals surface area contributed by atoms with Crippen LogP contribution in [0.15, 0.2) is 133 Å². The third-order valence-corrected chi connectivity index (χ3v) is 11.5. The highest BCUT2D eigenvalue weighted by Crippen LogP contribution is 2.59. The minimum absolute atomic E-state index is 0.490. The molecule has 1 aliphatic rings. The second-order valence-electron chi connectivity index (χ2n) is 13.4. The zero-order valence-electron chi connectivity index (χ0n) is 27.0. The molecule has 48 heavy (non-hydrogen) atoms. The Balaban J connectivity index is 1.44. The van der Waals surface area contributed by atoms with Crippen molar-refractivity contribution >= 4 is 88.9 Å². The van der Waals surface area contributed by atoms with Crippen LogP contribution in [0.25, 0.3) is 75.0 Å². The van der Waals surface area contributed by atoms with E-state index < -0.39 is 5.54 Å². The summed E-state index contributed by atoms with van der Waals surface area (Å²) in [5, 5.41) is 8.65. The number of hydrogen-bond donors (Lipinski definition) is 0. The number of para-hydroxylation sites is 1. The van der Waals surface area contributed by atoms with E-state index >= 15 is 0 Å². The van der Waals surface area contributed by atoms with Gasteiger partial charge in [-0.1, -0.05) is 127 Å². The average Bonchev–Trinajstić information content (AvgIpc) is 3.51. The molecule has 0 unspecified atom stereocenters. The van der Waals surface area contributed by atoms with Crippen LogP contribution in [0.2, 0.25) is 0 Å². The Hall–Kier alpha value is -5.52. The summed E-state index contributed by atoms with van der Waals surface area (Å²) >= 11 is 1.88. The zero-order valence-corrected chi connectivity index (χ0v) is 27.8. The Morgan fingerprint density at radius 2 is 1.27 bits per heavy atom. The first kappa shape index (κ1) is 27.6. The molecular formula is C43H30BN3S. The summed E-state index contributed by atoms with van der Waals surface area (Å²) in [5.41, 5.74) is 8.74. The van der Waals surface area contributed by atoms with Crippen molar-refractivity contribution in [2.24, 2.45) is 0 Å². The van der Waals surface area contributed by atoms with Gasteiger partial charge >= 0.3 is 0 Å². The topological polar surface area (TPSA) is 29.0 Å². The molecule has 1 aliphatic heterocycles. The van der Waals surface area contributed by atoms with E-state index in [1.54, 1.807) is 0 Å². The minimum atomic E-state index is -0.490. The van der Waals surface area contributed by atoms with Crippen molar-refractivity contribution in [3.63, 3.8) is 0 Å². The molecule has 0 aliphatic carbocycles. The molecule has 7 aromatic carbocycles. The van der Waals surface area contributed by atoms with Gasteiger partial charge in [-0.3, -0.25) is 4.90 Å². The summed E-state index contributed by atoms with van der Waals surface area (Å²) in [5.74, 6) is 0.712. The number of aromatic nitrogens is 2. The lowest BCUT2D eigenvalue weighted by molar-refractivity contribution is 0.525. The fourth-order valence-corrected chi connectivity index (χ4v) is 9.35. The molecule has 0 amide bonds. The van der Waals surface area contributed by atoms with Gasteiger partial charge in [-0.05, 0) is 58.8 Å². The number of anilines is 2. The van der Waals surface area contributed by atoms with Crippen LogP contribution in [-0.4, -0.2) is 17.8 Å². The molecule has 0 spiro atoms. The van der Waals surface area contributed by atoms with Gasteiger partial charge in [0.2, 0.25) is 5.95 Å². The van der Waals surface area contributed by atoms with Gasteiger partial charge in [-0.2, -0.15) is 0 Å². The summed E-state index contributed by atoms with van der Waals surface area (Å²) in [6.45, 7) is 4.68. The fraction of sp³-hybridized carbons (Fsp3) is 0.0698. The number of thiophene rings is 1. The molecule has 3 heterocycles. The summed E-state index contributed by atoms with van der Waals surface area (Å²) in [6.07, 6.45) is 0. The Kier molecular flexibility index (Phi) is 5.74. The molecule has 2 aromatic heterocycles. The van der Waals surface area contributed by atoms with E-state index in [2.05, 4.69) is 160 Å². The molecule has 0 radical (unpaired) electrons. The SMILES string of the molecule is Bc1ccccc1-c1nc(N2c3c(c4ccccc4c4sc5ccccc5c34)-c3c(ccc4ccccc34)C2(C)C)nc2ccccc12. The molecule has 0 N–H and O–H groups in total. The van der Waals surface area contributed by atoms with Crippen molar-refractivity contribution in [3.8, 4) is 22.4 Å². The van der Waals surface area contributed by atoms with Crippen LogP contribution >= 0.6 is 11.3 Å². The van der Waals surface area contributed by atoms with E-state index in [4.69, 9.17) is 9.97 Å². The Bertz CT molecular complexity index is 2800. The Labute approximate surface area is 283 Å². The van der Waals surface area contributed by atoms with E-state index in [1.807, 2.05) is 11.3 Å². The second-order valence-corrected chi connectivity index (χ2v) is 14.4. The third-order valence-electron chi connectivity index (χ3n) is 10.3. The van der Waals surface area contributed by atoms with Crippen molar-refractivity contribution in [2.75, 3.05) is 4.90 Å². The maximum absolute atomic E-state index is 5.55. The molecule has 0 bridgehead atoms. The average molecular weight is 632 g/mol. The predicted octanol–water partition coefficient (Wildman–Crippen LogP) is 10.3. The first-order valence-corrected chi connectivity index (χ1v) is 17.3. The van der Waals surface area contributed by atoms with Gasteiger partial charge in [0, 0.05) is 36.5 Å². The molecule has 226 valence electrons. The van der Waals surface area contributed by atoms with E-state index in [-0.39, 0.29) is 0 Å². The smallest absolute Gasteiger partial charge is 0.231 e. The normalized spacial score (nSPS) is 13.8. The van der Waals surface area contributed by atoms with Gasteiger partial charge in [0.05, 0.1) is 22.4 Å². The van der Waals surface area contributed by atoms with E-state index in [0.717, 1.165) is 22.2 Å². The molecule has 5 heteroatoms. The second kappa shape index (κ2) is 9.99. The highest BCUT2D eigenvalue weighted by molar-refractivity contribution is 7.26. The van der Waals surface area contributed by atoms with Crippen LogP contribution in [0.5, 0.6) is 0 Å². The molecule has 0 fully saturated rings. The van der Waals surface area contributed by atoms with Crippen molar-refractivity contribution in [1.82, 2.24) is 9.97 Å². The molecule has 9 aromatic rings. The molecule has 0 saturated heterocycles. The van der Waals surface area contributed by atoms with Crippen molar-refractivity contribution in [3.05, 3.63) is 139 Å². The minimum Gasteiger partial charge on any atom is -0.299 e. The summed E-state index contributed by atoms with van der Waals surface area (Å²) in [4.78, 5) is 13.4. The van der Waals surface area contributed by atoms with Gasteiger partial charge in [0.1, 0.15) is 7.85 Å². The molecule has 0 saturated carbocycles. The maximum Gasteiger partial charge on any atom is 0.231 e. The van der Waals surface area contributed by atoms with Crippen LogP contribution in [-0.2, 0) is 5.54 Å². The first-order valence-electron chi connectivity index (χ1n) is 16.5. The standard InChI is InChI=1S/C43H30BN3S/c1-43(2)32-24-23-25-13-3-4-14-26(25)36(32)37-27-15-5-6-16-28(27)41-38(31-19-9-12-22-35(31)48-41)40(37)47(43)42-45-34-21-11-8-18-30(34)39(46-42)29-17-7-10-20-33(29)44/h3-24H,44H2,1-2H3. The van der Waals surface area contributed by atoms with Crippen LogP contribution in [0, 0.1) is 0 Å². The molecule has 10 rings (SSSR count). The van der Waals surface area contributed by atoms with E-state index in [1.165, 1.54) is 69.6 Å². The zero-order chi connectivity index (χ0) is 32.1. The van der Waals surface area contributed by atoms with Crippen molar-refractivity contribution in [2.45, 2.75) is 19.4 Å². The first-order chi connectivity index (χ1) is 23.5. The number of fused-ring (bicyclic) bond motifs is 13. The van der Waals surface area contributed by atoms with E-state index in [0.29, 0.717) is 5.95 Å². The van der Waals surface area contributed by atoms with Crippen molar-refractivity contribution < 1.29 is 0 Å². The van der Waals surface area contributed by atoms with E-state index in [9.17, 15) is 0 Å². The monoisotopic (exact) mass is 631 g/mol. The van der Waals surface area contributed by atoms with Gasteiger partial charge < -0.3 is 0 Å². The lowest BCUT2D eigenvalue weighted by Gasteiger charge is -2.46. The number of hydrogen-bond acceptors (Lipinski definition) is 4. The van der Waals surface area contributed by atoms with Gasteiger partial charge in [-0.25, -0.2) is 9.97 Å². The van der Waals surface area contributed by atoms with Crippen LogP contribution in [0.3, 0.4) is 0 Å². The molecular weight excluding hydrogens is 601 g/mol. The highest BCUT2D eigenvalue weighted by Gasteiger charge is 2.43. The Morgan fingerprint density at radius 3 is 2.10 bits per heavy atom. The summed E-state index contributed by atoms with van der Waals surface area (Å²) < 4.78 is 2.59. The van der Waals surface area contributed by atoms with Crippen LogP contribution < -0.4 is 10.4 Å². The van der Waals surface area contributed by atoms with Crippen LogP contribution in [0.4, 0.5) is 11.6 Å². The highest BCUT2D eigenvalue weighted by atomic mass is 32.1. The quantitative estimate of drug-likeness (QED) is 0.178. The van der Waals surface area contributed by atoms with Gasteiger partial charge in [0.25, 0.3) is 0 Å². The lowest BCUT2D eigenvalue weighted by atomic mass is 9.76. The summed E-state index contributed by atoms with van der Waals surface area (Å²) in [6, 6.07) is 48.2. The Morgan fingerprint density at radius 1 is 0.604 bits per heavy atom. The van der Waals surface area contributed by atoms with Gasteiger partial charge in [-0.15, -0.1) is 11.3 Å². The third kappa shape index (κ3) is 3.71. The van der Waals surface area contributed by atoms with Gasteiger partial charge in [0.15, 0.2) is 0 Å². The van der Waals surface area contributed by atoms with Crippen LogP contribution in [0.1, 0.15) is 19.4 Å². The van der Waals surface area contributed by atoms with Crippen molar-refractivity contribution in [1.29, 1.82) is 0 Å². The molecule has 0 atom stereocenters. The molecule has 3 nitrogen and oxygen atoms in total. The number of nitrogens with zero attached hydrogens (tertiary/aromatic N) is 3. The summed E-state index contributed by atoms with van der Waals surface area (Å²) in [7, 11) is 2.17. The lowest BCUT2D eigenvalue weighted by Crippen LogP contribution is -2.42. The maximum atomic E-state index is 5.55. The largest absolute Gasteiger partial charge is 0.299 e. The number of rotatable bonds is 2. The predicted molar refractivity (Wildman–Crippen MR) is 208 cm³/mol. The number of benzene rings is 7. The fourth-order valence-electron chi connectivity index (χ4n) is 8.11.